The highest BCUT2D eigenvalue weighted by molar-refractivity contribution is 5.80. The van der Waals surface area contributed by atoms with E-state index in [-0.39, 0.29) is 0 Å². The van der Waals surface area contributed by atoms with Crippen molar-refractivity contribution >= 4 is 10.9 Å². The van der Waals surface area contributed by atoms with Crippen LogP contribution in [0.2, 0.25) is 0 Å². The second-order valence-electron chi connectivity index (χ2n) is 2.09. The maximum absolute atomic E-state index is 3.93. The molecule has 2 rings (SSSR count). The quantitative estimate of drug-likeness (QED) is 0.584. The third-order valence-electron chi connectivity index (χ3n) is 1.44. The minimum Gasteiger partial charge on any atom is -0.276 e. The van der Waals surface area contributed by atoms with Gasteiger partial charge in [0.2, 0.25) is 0 Å². The van der Waals surface area contributed by atoms with Gasteiger partial charge in [-0.25, -0.2) is 0 Å². The third-order valence-corrected chi connectivity index (χ3v) is 1.44. The second kappa shape index (κ2) is 1.80. The first-order chi connectivity index (χ1) is 4.88. The Labute approximate surface area is 58.1 Å². The Bertz CT molecular complexity index is 350. The predicted octanol–water partition coefficient (Wildman–Crippen LogP) is 1.14. The van der Waals surface area contributed by atoms with Crippen LogP contribution in [0.5, 0.6) is 0 Å². The fourth-order valence-corrected chi connectivity index (χ4v) is 0.923. The molecule has 2 aromatic heterocycles. The van der Waals surface area contributed by atoms with Crippen LogP contribution in [0.4, 0.5) is 0 Å². The molecule has 0 saturated heterocycles. The van der Waals surface area contributed by atoms with E-state index in [1.54, 1.807) is 12.4 Å². The van der Waals surface area contributed by atoms with Crippen molar-refractivity contribution in [1.29, 1.82) is 0 Å². The summed E-state index contributed by atoms with van der Waals surface area (Å²) in [5.41, 5.74) is 1.71. The average molecular weight is 132 g/mol. The number of nitrogens with zero attached hydrogens (tertiary/aromatic N) is 2. The Morgan fingerprint density at radius 2 is 2.40 bits per heavy atom. The molecule has 0 aromatic carbocycles. The highest BCUT2D eigenvalue weighted by Crippen LogP contribution is 2.11. The molecule has 0 atom stereocenters. The second-order valence-corrected chi connectivity index (χ2v) is 2.09. The van der Waals surface area contributed by atoms with Crippen molar-refractivity contribution in [1.82, 2.24) is 15.2 Å². The van der Waals surface area contributed by atoms with Gasteiger partial charge >= 0.3 is 0 Å². The number of fused-ring (bicyclic) bond motifs is 1. The average Bonchev–Trinajstić information content (AvgIpc) is 2.34. The summed E-state index contributed by atoms with van der Waals surface area (Å²) < 4.78 is 0. The Morgan fingerprint density at radius 3 is 3.20 bits per heavy atom. The molecule has 0 unspecified atom stereocenters. The van der Waals surface area contributed by atoms with Crippen molar-refractivity contribution in [3.05, 3.63) is 31.1 Å². The van der Waals surface area contributed by atoms with Gasteiger partial charge in [0, 0.05) is 11.6 Å². The molecule has 0 aliphatic heterocycles. The molecule has 10 heavy (non-hydrogen) atoms. The summed E-state index contributed by atoms with van der Waals surface area (Å²) in [4.78, 5) is 3.93. The molecule has 3 heteroatoms. The van der Waals surface area contributed by atoms with Gasteiger partial charge in [0.05, 0.1) is 17.4 Å². The summed E-state index contributed by atoms with van der Waals surface area (Å²) >= 11 is 0. The Balaban J connectivity index is 2.93. The molecule has 2 heterocycles. The van der Waals surface area contributed by atoms with E-state index in [2.05, 4.69) is 22.1 Å². The number of hydrogen-bond acceptors (Lipinski definition) is 2. The van der Waals surface area contributed by atoms with Crippen LogP contribution in [0, 0.1) is 6.92 Å². The number of hydrogen-bond donors (Lipinski definition) is 1. The molecule has 0 aliphatic rings. The van der Waals surface area contributed by atoms with Crippen LogP contribution in [0.1, 0.15) is 5.69 Å². The molecule has 0 bridgehead atoms. The topological polar surface area (TPSA) is 41.6 Å². The Morgan fingerprint density at radius 1 is 1.50 bits per heavy atom. The van der Waals surface area contributed by atoms with E-state index in [1.807, 2.05) is 6.07 Å². The SMILES string of the molecule is [CH2]c1n[nH]c2cnccc12. The lowest BCUT2D eigenvalue weighted by Gasteiger charge is -1.84. The van der Waals surface area contributed by atoms with E-state index in [4.69, 9.17) is 0 Å². The summed E-state index contributed by atoms with van der Waals surface area (Å²) in [5, 5.41) is 7.77. The van der Waals surface area contributed by atoms with E-state index in [9.17, 15) is 0 Å². The van der Waals surface area contributed by atoms with Crippen molar-refractivity contribution < 1.29 is 0 Å². The molecule has 0 amide bonds. The normalized spacial score (nSPS) is 10.5. The van der Waals surface area contributed by atoms with E-state index >= 15 is 0 Å². The van der Waals surface area contributed by atoms with Crippen LogP contribution in [0.25, 0.3) is 10.9 Å². The Hall–Kier alpha value is -1.38. The summed E-state index contributed by atoms with van der Waals surface area (Å²) in [6, 6.07) is 1.89. The van der Waals surface area contributed by atoms with Crippen molar-refractivity contribution in [2.75, 3.05) is 0 Å². The van der Waals surface area contributed by atoms with E-state index < -0.39 is 0 Å². The summed E-state index contributed by atoms with van der Waals surface area (Å²) in [7, 11) is 0. The number of aromatic nitrogens is 3. The zero-order valence-corrected chi connectivity index (χ0v) is 5.33. The molecular formula is C7H6N3. The fourth-order valence-electron chi connectivity index (χ4n) is 0.923. The smallest absolute Gasteiger partial charge is 0.0836 e. The number of pyridine rings is 1. The van der Waals surface area contributed by atoms with E-state index in [0.29, 0.717) is 0 Å². The van der Waals surface area contributed by atoms with Gasteiger partial charge in [-0.3, -0.25) is 10.1 Å². The van der Waals surface area contributed by atoms with Gasteiger partial charge < -0.3 is 0 Å². The molecular weight excluding hydrogens is 126 g/mol. The standard InChI is InChI=1S/C7H6N3/c1-5-6-2-3-8-4-7(6)10-9-5/h2-4H,1H2,(H,9,10). The van der Waals surface area contributed by atoms with Crippen LogP contribution in [-0.2, 0) is 0 Å². The summed E-state index contributed by atoms with van der Waals surface area (Å²) in [5.74, 6) is 0. The van der Waals surface area contributed by atoms with Gasteiger partial charge in [0.25, 0.3) is 0 Å². The molecule has 3 nitrogen and oxygen atoms in total. The van der Waals surface area contributed by atoms with Crippen LogP contribution in [0.3, 0.4) is 0 Å². The molecule has 2 aromatic rings. The monoisotopic (exact) mass is 132 g/mol. The molecule has 0 aliphatic carbocycles. The van der Waals surface area contributed by atoms with Crippen molar-refractivity contribution in [2.45, 2.75) is 0 Å². The van der Waals surface area contributed by atoms with Crippen LogP contribution in [-0.4, -0.2) is 15.2 Å². The molecule has 1 N–H and O–H groups in total. The number of nitrogens with one attached hydrogen (secondary N) is 1. The van der Waals surface area contributed by atoms with Crippen LogP contribution >= 0.6 is 0 Å². The summed E-state index contributed by atoms with van der Waals surface area (Å²) in [6.45, 7) is 3.74. The molecule has 1 radical (unpaired) electrons. The van der Waals surface area contributed by atoms with Crippen molar-refractivity contribution in [3.63, 3.8) is 0 Å². The zero-order valence-electron chi connectivity index (χ0n) is 5.33. The first-order valence-electron chi connectivity index (χ1n) is 2.98. The maximum atomic E-state index is 3.93. The Kier molecular flexibility index (Phi) is 0.974. The van der Waals surface area contributed by atoms with Gasteiger partial charge in [0.1, 0.15) is 0 Å². The molecule has 0 saturated carbocycles. The highest BCUT2D eigenvalue weighted by atomic mass is 15.1. The van der Waals surface area contributed by atoms with E-state index in [1.165, 1.54) is 0 Å². The van der Waals surface area contributed by atoms with Crippen LogP contribution in [0.15, 0.2) is 18.5 Å². The first-order valence-corrected chi connectivity index (χ1v) is 2.98. The van der Waals surface area contributed by atoms with Gasteiger partial charge in [-0.15, -0.1) is 0 Å². The lowest BCUT2D eigenvalue weighted by molar-refractivity contribution is 1.09. The fraction of sp³-hybridized carbons (Fsp3) is 0. The van der Waals surface area contributed by atoms with Crippen LogP contribution < -0.4 is 0 Å². The molecule has 0 fully saturated rings. The highest BCUT2D eigenvalue weighted by Gasteiger charge is 1.97. The minimum atomic E-state index is 0.775. The van der Waals surface area contributed by atoms with Gasteiger partial charge in [-0.1, -0.05) is 0 Å². The van der Waals surface area contributed by atoms with E-state index in [0.717, 1.165) is 16.6 Å². The third kappa shape index (κ3) is 0.603. The predicted molar refractivity (Wildman–Crippen MR) is 38.3 cm³/mol. The number of H-pyrrole nitrogens is 1. The summed E-state index contributed by atoms with van der Waals surface area (Å²) in [6.07, 6.45) is 3.46. The van der Waals surface area contributed by atoms with Gasteiger partial charge in [-0.05, 0) is 13.0 Å². The van der Waals surface area contributed by atoms with Crippen molar-refractivity contribution in [3.8, 4) is 0 Å². The minimum absolute atomic E-state index is 0.775. The first kappa shape index (κ1) is 5.41. The largest absolute Gasteiger partial charge is 0.276 e. The van der Waals surface area contributed by atoms with Gasteiger partial charge in [0.15, 0.2) is 0 Å². The maximum Gasteiger partial charge on any atom is 0.0836 e. The molecule has 0 spiro atoms. The zero-order chi connectivity index (χ0) is 6.97. The van der Waals surface area contributed by atoms with Gasteiger partial charge in [-0.2, -0.15) is 5.10 Å². The number of rotatable bonds is 0. The van der Waals surface area contributed by atoms with Crippen molar-refractivity contribution in [2.24, 2.45) is 0 Å². The lowest BCUT2D eigenvalue weighted by Crippen LogP contribution is -1.70. The number of aromatic amines is 1. The lowest BCUT2D eigenvalue weighted by atomic mass is 10.3. The molecule has 49 valence electrons.